The molecule has 0 spiro atoms. The first-order valence-corrected chi connectivity index (χ1v) is 7.09. The van der Waals surface area contributed by atoms with Crippen LogP contribution in [0.2, 0.25) is 0 Å². The minimum atomic E-state index is -3.27. The van der Waals surface area contributed by atoms with Gasteiger partial charge in [0.15, 0.2) is 0 Å². The third kappa shape index (κ3) is 4.72. The fourth-order valence-electron chi connectivity index (χ4n) is 1.34. The van der Waals surface area contributed by atoms with Crippen LogP contribution in [0.1, 0.15) is 11.7 Å². The number of aliphatic hydroxyl groups is 1. The largest absolute Gasteiger partial charge is 0.387 e. The molecule has 0 heterocycles. The Morgan fingerprint density at radius 2 is 1.82 bits per heavy atom. The van der Waals surface area contributed by atoms with E-state index in [0.717, 1.165) is 11.9 Å². The second-order valence-electron chi connectivity index (χ2n) is 4.12. The molecule has 0 aliphatic heterocycles. The quantitative estimate of drug-likeness (QED) is 0.799. The van der Waals surface area contributed by atoms with Gasteiger partial charge in [-0.15, -0.1) is 0 Å². The zero-order valence-corrected chi connectivity index (χ0v) is 11.0. The molecule has 0 aromatic heterocycles. The molecule has 0 saturated heterocycles. The van der Waals surface area contributed by atoms with Crippen LogP contribution in [0.25, 0.3) is 0 Å². The Morgan fingerprint density at radius 1 is 1.29 bits per heavy atom. The van der Waals surface area contributed by atoms with Crippen molar-refractivity contribution in [2.24, 2.45) is 0 Å². The topological polar surface area (TPSA) is 69.6 Å². The summed E-state index contributed by atoms with van der Waals surface area (Å²) in [5.41, 5.74) is 1.71. The van der Waals surface area contributed by atoms with Gasteiger partial charge in [-0.3, -0.25) is 0 Å². The highest BCUT2D eigenvalue weighted by Gasteiger charge is 2.10. The van der Waals surface area contributed by atoms with Gasteiger partial charge in [0, 0.05) is 26.3 Å². The normalized spacial score (nSPS) is 13.4. The van der Waals surface area contributed by atoms with Crippen LogP contribution in [0, 0.1) is 0 Å². The van der Waals surface area contributed by atoms with Crippen molar-refractivity contribution in [2.75, 3.05) is 31.8 Å². The van der Waals surface area contributed by atoms with E-state index in [1.54, 1.807) is 12.1 Å². The summed E-state index contributed by atoms with van der Waals surface area (Å²) in [6.45, 7) is -0.0137. The number of hydrogen-bond acceptors (Lipinski definition) is 4. The summed E-state index contributed by atoms with van der Waals surface area (Å²) < 4.78 is 24.0. The number of nitrogens with zero attached hydrogens (tertiary/aromatic N) is 1. The van der Waals surface area contributed by atoms with E-state index in [1.165, 1.54) is 0 Å². The summed E-state index contributed by atoms with van der Waals surface area (Å²) >= 11 is 0. The van der Waals surface area contributed by atoms with Crippen molar-refractivity contribution < 1.29 is 13.5 Å². The first-order valence-electron chi connectivity index (χ1n) is 5.19. The van der Waals surface area contributed by atoms with E-state index >= 15 is 0 Å². The van der Waals surface area contributed by atoms with Gasteiger partial charge in [-0.2, -0.15) is 0 Å². The molecule has 1 aromatic rings. The predicted molar refractivity (Wildman–Crippen MR) is 68.6 cm³/mol. The second-order valence-corrected chi connectivity index (χ2v) is 5.96. The van der Waals surface area contributed by atoms with Gasteiger partial charge < -0.3 is 10.0 Å². The van der Waals surface area contributed by atoms with Gasteiger partial charge in [-0.05, 0) is 17.7 Å². The second kappa shape index (κ2) is 5.48. The molecule has 0 aliphatic rings. The highest BCUT2D eigenvalue weighted by molar-refractivity contribution is 7.88. The Labute approximate surface area is 102 Å². The standard InChI is InChI=1S/C11H18N2O3S/c1-13(2)10-6-4-9(5-7-10)11(14)8-12-17(3,15)16/h4-7,11-12,14H,8H2,1-3H3. The van der Waals surface area contributed by atoms with Gasteiger partial charge in [-0.1, -0.05) is 12.1 Å². The molecule has 2 N–H and O–H groups in total. The molecule has 1 unspecified atom stereocenters. The van der Waals surface area contributed by atoms with E-state index in [0.29, 0.717) is 5.56 Å². The van der Waals surface area contributed by atoms with E-state index in [1.807, 2.05) is 31.1 Å². The molecular weight excluding hydrogens is 240 g/mol. The maximum Gasteiger partial charge on any atom is 0.208 e. The fraction of sp³-hybridized carbons (Fsp3) is 0.455. The van der Waals surface area contributed by atoms with E-state index < -0.39 is 16.1 Å². The van der Waals surface area contributed by atoms with Crippen LogP contribution < -0.4 is 9.62 Å². The van der Waals surface area contributed by atoms with Crippen molar-refractivity contribution >= 4 is 15.7 Å². The SMILES string of the molecule is CN(C)c1ccc(C(O)CNS(C)(=O)=O)cc1. The Morgan fingerprint density at radius 3 is 2.24 bits per heavy atom. The summed E-state index contributed by atoms with van der Waals surface area (Å²) in [5.74, 6) is 0. The summed E-state index contributed by atoms with van der Waals surface area (Å²) in [6, 6.07) is 7.31. The van der Waals surface area contributed by atoms with Crippen LogP contribution in [0.15, 0.2) is 24.3 Å². The maximum absolute atomic E-state index is 10.9. The molecule has 0 fully saturated rings. The lowest BCUT2D eigenvalue weighted by atomic mass is 10.1. The van der Waals surface area contributed by atoms with E-state index in [4.69, 9.17) is 0 Å². The Bertz CT molecular complexity index is 454. The summed E-state index contributed by atoms with van der Waals surface area (Å²) in [7, 11) is 0.587. The first-order chi connectivity index (χ1) is 7.79. The molecule has 0 aliphatic carbocycles. The highest BCUT2D eigenvalue weighted by Crippen LogP contribution is 2.17. The van der Waals surface area contributed by atoms with Crippen molar-refractivity contribution in [1.29, 1.82) is 0 Å². The van der Waals surface area contributed by atoms with Crippen molar-refractivity contribution in [1.82, 2.24) is 4.72 Å². The lowest BCUT2D eigenvalue weighted by Crippen LogP contribution is -2.27. The average molecular weight is 258 g/mol. The third-order valence-corrected chi connectivity index (χ3v) is 3.02. The molecule has 0 amide bonds. The number of sulfonamides is 1. The molecular formula is C11H18N2O3S. The first kappa shape index (κ1) is 14.0. The fourth-order valence-corrected chi connectivity index (χ4v) is 1.80. The van der Waals surface area contributed by atoms with Crippen molar-refractivity contribution in [3.63, 3.8) is 0 Å². The zero-order valence-electron chi connectivity index (χ0n) is 10.2. The van der Waals surface area contributed by atoms with Gasteiger partial charge in [0.1, 0.15) is 0 Å². The molecule has 1 aromatic carbocycles. The predicted octanol–water partition coefficient (Wildman–Crippen LogP) is 0.335. The molecule has 0 bridgehead atoms. The van der Waals surface area contributed by atoms with Crippen LogP contribution in [-0.2, 0) is 10.0 Å². The van der Waals surface area contributed by atoms with Crippen molar-refractivity contribution in [3.05, 3.63) is 29.8 Å². The van der Waals surface area contributed by atoms with Gasteiger partial charge >= 0.3 is 0 Å². The highest BCUT2D eigenvalue weighted by atomic mass is 32.2. The van der Waals surface area contributed by atoms with Gasteiger partial charge in [0.05, 0.1) is 12.4 Å². The Hall–Kier alpha value is -1.11. The smallest absolute Gasteiger partial charge is 0.208 e. The number of aliphatic hydroxyl groups excluding tert-OH is 1. The summed E-state index contributed by atoms with van der Waals surface area (Å²) in [5, 5.41) is 9.77. The lowest BCUT2D eigenvalue weighted by Gasteiger charge is -2.15. The molecule has 17 heavy (non-hydrogen) atoms. The number of benzene rings is 1. The van der Waals surface area contributed by atoms with Gasteiger partial charge in [-0.25, -0.2) is 13.1 Å². The Balaban J connectivity index is 2.67. The molecule has 0 radical (unpaired) electrons. The van der Waals surface area contributed by atoms with Crippen molar-refractivity contribution in [2.45, 2.75) is 6.10 Å². The zero-order chi connectivity index (χ0) is 13.1. The van der Waals surface area contributed by atoms with Gasteiger partial charge in [0.25, 0.3) is 0 Å². The van der Waals surface area contributed by atoms with E-state index in [9.17, 15) is 13.5 Å². The summed E-state index contributed by atoms with van der Waals surface area (Å²) in [4.78, 5) is 1.95. The molecule has 1 atom stereocenters. The third-order valence-electron chi connectivity index (χ3n) is 2.33. The van der Waals surface area contributed by atoms with Gasteiger partial charge in [0.2, 0.25) is 10.0 Å². The van der Waals surface area contributed by atoms with Crippen LogP contribution in [0.5, 0.6) is 0 Å². The van der Waals surface area contributed by atoms with Crippen LogP contribution in [-0.4, -0.2) is 40.4 Å². The van der Waals surface area contributed by atoms with E-state index in [-0.39, 0.29) is 6.54 Å². The van der Waals surface area contributed by atoms with E-state index in [2.05, 4.69) is 4.72 Å². The van der Waals surface area contributed by atoms with Crippen molar-refractivity contribution in [3.8, 4) is 0 Å². The number of anilines is 1. The molecule has 6 heteroatoms. The number of hydrogen-bond donors (Lipinski definition) is 2. The molecule has 5 nitrogen and oxygen atoms in total. The lowest BCUT2D eigenvalue weighted by molar-refractivity contribution is 0.182. The maximum atomic E-state index is 10.9. The molecule has 0 saturated carbocycles. The molecule has 96 valence electrons. The minimum absolute atomic E-state index is 0.0137. The van der Waals surface area contributed by atoms with Crippen LogP contribution >= 0.6 is 0 Å². The van der Waals surface area contributed by atoms with Crippen LogP contribution in [0.3, 0.4) is 0 Å². The number of nitrogens with one attached hydrogen (secondary N) is 1. The Kier molecular flexibility index (Phi) is 4.50. The summed E-state index contributed by atoms with van der Waals surface area (Å²) in [6.07, 6.45) is 0.232. The minimum Gasteiger partial charge on any atom is -0.387 e. The average Bonchev–Trinajstić information content (AvgIpc) is 2.25. The molecule has 1 rings (SSSR count). The monoisotopic (exact) mass is 258 g/mol. The number of rotatable bonds is 5. The van der Waals surface area contributed by atoms with Crippen LogP contribution in [0.4, 0.5) is 5.69 Å².